The minimum absolute atomic E-state index is 0.265. The van der Waals surface area contributed by atoms with Gasteiger partial charge < -0.3 is 23.8 Å². The number of rotatable bonds is 7. The third-order valence-electron chi connectivity index (χ3n) is 7.44. The molecule has 1 saturated heterocycles. The van der Waals surface area contributed by atoms with Crippen LogP contribution in [-0.4, -0.2) is 64.7 Å². The number of nitrogens with zero attached hydrogens (tertiary/aromatic N) is 2. The number of amides is 2. The van der Waals surface area contributed by atoms with Gasteiger partial charge in [0.05, 0.1) is 5.92 Å². The summed E-state index contributed by atoms with van der Waals surface area (Å²) in [4.78, 5) is 45.6. The van der Waals surface area contributed by atoms with Crippen LogP contribution in [0.1, 0.15) is 81.2 Å². The fourth-order valence-corrected chi connectivity index (χ4v) is 5.29. The maximum atomic E-state index is 13.4. The fraction of sp³-hybridized carbons (Fsp3) is 0.600. The number of hydrogen-bond acceptors (Lipinski definition) is 8. The molecule has 2 amide bonds. The van der Waals surface area contributed by atoms with Gasteiger partial charge in [-0.15, -0.1) is 0 Å². The summed E-state index contributed by atoms with van der Waals surface area (Å²) in [5, 5.41) is 0. The topological polar surface area (TPSA) is 117 Å². The summed E-state index contributed by atoms with van der Waals surface area (Å²) in [7, 11) is 0. The molecule has 1 aromatic heterocycles. The Balaban J connectivity index is 1.44. The van der Waals surface area contributed by atoms with E-state index >= 15 is 0 Å². The number of likely N-dealkylation sites (tertiary alicyclic amines) is 1. The van der Waals surface area contributed by atoms with Crippen LogP contribution in [0.25, 0.3) is 11.1 Å². The Morgan fingerprint density at radius 2 is 1.54 bits per heavy atom. The van der Waals surface area contributed by atoms with Gasteiger partial charge in [-0.05, 0) is 111 Å². The summed E-state index contributed by atoms with van der Waals surface area (Å²) in [5.41, 5.74) is 1.69. The van der Waals surface area contributed by atoms with Crippen molar-refractivity contribution in [2.24, 2.45) is 5.92 Å². The Bertz CT molecular complexity index is 1430. The van der Waals surface area contributed by atoms with E-state index in [-0.39, 0.29) is 6.09 Å². The largest absolute Gasteiger partial charge is 0.486 e. The Labute approximate surface area is 272 Å². The van der Waals surface area contributed by atoms with Gasteiger partial charge in [-0.25, -0.2) is 23.8 Å². The molecule has 4 rings (SSSR count). The average Bonchev–Trinajstić information content (AvgIpc) is 2.90. The number of carbonyl (C=O) groups is 3. The van der Waals surface area contributed by atoms with Gasteiger partial charge in [0, 0.05) is 24.7 Å². The quantitative estimate of drug-likeness (QED) is 0.176. The molecule has 0 bridgehead atoms. The summed E-state index contributed by atoms with van der Waals surface area (Å²) in [6.07, 6.45) is 3.40. The highest BCUT2D eigenvalue weighted by molar-refractivity contribution is 5.81. The summed E-state index contributed by atoms with van der Waals surface area (Å²) in [6.45, 7) is 19.8. The molecule has 2 aliphatic rings. The lowest BCUT2D eigenvalue weighted by molar-refractivity contribution is -0.704. The summed E-state index contributed by atoms with van der Waals surface area (Å²) < 4.78 is 24.9. The lowest BCUT2D eigenvalue weighted by Crippen LogP contribution is -2.58. The van der Waals surface area contributed by atoms with Crippen molar-refractivity contribution in [1.29, 1.82) is 0 Å². The molecule has 252 valence electrons. The highest BCUT2D eigenvalue weighted by atomic mass is 16.7. The second-order valence-corrected chi connectivity index (χ2v) is 15.3. The molecule has 0 aliphatic carbocycles. The van der Waals surface area contributed by atoms with Crippen molar-refractivity contribution in [1.82, 2.24) is 10.4 Å². The van der Waals surface area contributed by atoms with E-state index in [1.54, 1.807) is 53.4 Å². The van der Waals surface area contributed by atoms with Crippen molar-refractivity contribution in [3.63, 3.8) is 0 Å². The first kappa shape index (κ1) is 35.0. The molecule has 2 aromatic rings. The van der Waals surface area contributed by atoms with Gasteiger partial charge in [0.1, 0.15) is 28.7 Å². The Kier molecular flexibility index (Phi) is 9.97. The maximum absolute atomic E-state index is 13.4. The molecule has 1 N–H and O–H groups in total. The van der Waals surface area contributed by atoms with Gasteiger partial charge in [-0.1, -0.05) is 6.07 Å². The van der Waals surface area contributed by atoms with Crippen LogP contribution in [-0.2, 0) is 36.8 Å². The second kappa shape index (κ2) is 13.1. The van der Waals surface area contributed by atoms with Crippen LogP contribution >= 0.6 is 0 Å². The van der Waals surface area contributed by atoms with Crippen LogP contribution < -0.4 is 14.8 Å². The van der Waals surface area contributed by atoms with Crippen LogP contribution in [0.5, 0.6) is 5.75 Å². The van der Waals surface area contributed by atoms with Gasteiger partial charge in [0.2, 0.25) is 5.60 Å². The van der Waals surface area contributed by atoms with Gasteiger partial charge >= 0.3 is 18.2 Å². The van der Waals surface area contributed by atoms with Crippen LogP contribution in [0.3, 0.4) is 0 Å². The Morgan fingerprint density at radius 3 is 2.17 bits per heavy atom. The molecule has 1 aromatic carbocycles. The Hall–Kier alpha value is -3.86. The number of hydroxylamine groups is 1. The fourth-order valence-electron chi connectivity index (χ4n) is 5.29. The predicted molar refractivity (Wildman–Crippen MR) is 171 cm³/mol. The molecule has 2 atom stereocenters. The number of nitrogens with one attached hydrogen (secondary N) is 1. The number of pyridine rings is 1. The molecular weight excluding hydrogens is 590 g/mol. The van der Waals surface area contributed by atoms with E-state index in [1.165, 1.54) is 0 Å². The summed E-state index contributed by atoms with van der Waals surface area (Å²) >= 11 is 0. The predicted octanol–water partition coefficient (Wildman–Crippen LogP) is 5.76. The number of aryl methyl sites for hydroxylation is 1. The third-order valence-corrected chi connectivity index (χ3v) is 7.44. The van der Waals surface area contributed by atoms with Gasteiger partial charge in [0.15, 0.2) is 18.9 Å². The molecule has 0 spiro atoms. The first-order chi connectivity index (χ1) is 21.2. The van der Waals surface area contributed by atoms with Gasteiger partial charge in [-0.3, -0.25) is 0 Å². The first-order valence-corrected chi connectivity index (χ1v) is 15.9. The lowest BCUT2D eigenvalue weighted by Gasteiger charge is -2.39. The maximum Gasteiger partial charge on any atom is 0.431 e. The van der Waals surface area contributed by atoms with Crippen LogP contribution in [0.4, 0.5) is 9.59 Å². The zero-order valence-electron chi connectivity index (χ0n) is 28.9. The molecule has 11 nitrogen and oxygen atoms in total. The molecule has 46 heavy (non-hydrogen) atoms. The van der Waals surface area contributed by atoms with E-state index in [0.29, 0.717) is 37.6 Å². The highest BCUT2D eigenvalue weighted by Gasteiger charge is 2.50. The molecule has 0 unspecified atom stereocenters. The molecule has 0 saturated carbocycles. The second-order valence-electron chi connectivity index (χ2n) is 15.3. The monoisotopic (exact) mass is 640 g/mol. The molecule has 3 heterocycles. The van der Waals surface area contributed by atoms with Crippen LogP contribution in [0, 0.1) is 5.92 Å². The number of carbonyl (C=O) groups excluding carboxylic acids is 3. The minimum Gasteiger partial charge on any atom is -0.486 e. The molecule has 2 aliphatic heterocycles. The van der Waals surface area contributed by atoms with Gasteiger partial charge in [0.25, 0.3) is 0 Å². The van der Waals surface area contributed by atoms with Crippen LogP contribution in [0.15, 0.2) is 42.7 Å². The normalized spacial score (nSPS) is 18.3. The number of ether oxygens (including phenoxy) is 4. The standard InChI is InChI=1S/C35H49N3O8/c1-32(2,3)43-29(39)35(10,46-36-30(40)44-33(4,5)6)28-16-14-25-18-24(13-15-27(25)42-28)26-12-11-17-37(22-26)19-23-20-38(21-23)31(41)45-34(7,8)9/h11-13,15,17-18,22-23,28H,14,16,19-21H2,1-10H3/p+1/t28-,35+/m1/s1. The molecule has 11 heteroatoms. The molecule has 1 fully saturated rings. The van der Waals surface area contributed by atoms with E-state index in [2.05, 4.69) is 28.4 Å². The smallest absolute Gasteiger partial charge is 0.431 e. The minimum atomic E-state index is -1.65. The zero-order valence-corrected chi connectivity index (χ0v) is 28.9. The lowest BCUT2D eigenvalue weighted by atomic mass is 9.89. The van der Waals surface area contributed by atoms with Crippen molar-refractivity contribution < 1.29 is 42.7 Å². The Morgan fingerprint density at radius 1 is 0.891 bits per heavy atom. The van der Waals surface area contributed by atoms with E-state index in [4.69, 9.17) is 23.8 Å². The molecule has 0 radical (unpaired) electrons. The third kappa shape index (κ3) is 9.34. The zero-order chi connectivity index (χ0) is 34.1. The number of aromatic nitrogens is 1. The van der Waals surface area contributed by atoms with Crippen molar-refractivity contribution >= 4 is 18.2 Å². The van der Waals surface area contributed by atoms with Crippen molar-refractivity contribution in [3.05, 3.63) is 48.3 Å². The number of fused-ring (bicyclic) bond motifs is 1. The van der Waals surface area contributed by atoms with Crippen molar-refractivity contribution in [2.75, 3.05) is 13.1 Å². The average molecular weight is 641 g/mol. The highest BCUT2D eigenvalue weighted by Crippen LogP contribution is 2.36. The SMILES string of the molecule is CC(C)(C)OC(=O)NO[C@](C)(C(=O)OC(C)(C)C)[C@H]1CCc2cc(-c3ccc[n+](CC4CN(C(=O)OC(C)(C)C)C4)c3)ccc2O1. The van der Waals surface area contributed by atoms with E-state index in [9.17, 15) is 14.4 Å². The number of esters is 1. The van der Waals surface area contributed by atoms with Crippen molar-refractivity contribution in [3.8, 4) is 16.9 Å². The van der Waals surface area contributed by atoms with Crippen molar-refractivity contribution in [2.45, 2.75) is 117 Å². The number of benzene rings is 1. The summed E-state index contributed by atoms with van der Waals surface area (Å²) in [6, 6.07) is 10.1. The number of hydrogen-bond donors (Lipinski definition) is 1. The van der Waals surface area contributed by atoms with Gasteiger partial charge in [-0.2, -0.15) is 5.48 Å². The van der Waals surface area contributed by atoms with E-state index in [0.717, 1.165) is 23.2 Å². The first-order valence-electron chi connectivity index (χ1n) is 15.9. The van der Waals surface area contributed by atoms with E-state index < -0.39 is 40.6 Å². The molecular formula is C35H50N3O8+. The summed E-state index contributed by atoms with van der Waals surface area (Å²) in [5.74, 6) is 0.333. The van der Waals surface area contributed by atoms with Crippen LogP contribution in [0.2, 0.25) is 0 Å². The van der Waals surface area contributed by atoms with E-state index in [1.807, 2.05) is 45.2 Å².